The Bertz CT molecular complexity index is 844. The molecule has 0 heterocycles. The molecular formula is C24H30Cl3NO2Si. The highest BCUT2D eigenvalue weighted by Gasteiger charge is 2.49. The lowest BCUT2D eigenvalue weighted by atomic mass is 10.2. The first-order valence-electron chi connectivity index (χ1n) is 10.7. The Kier molecular flexibility index (Phi) is 9.05. The monoisotopic (exact) mass is 498 g/mol. The number of nitrogens with one attached hydrogen (secondary N) is 1. The Morgan fingerprint density at radius 1 is 0.968 bits per heavy atom. The summed E-state index contributed by atoms with van der Waals surface area (Å²) >= 11 is 16.7. The first-order valence-corrected chi connectivity index (χ1v) is 13.2. The smallest absolute Gasteiger partial charge is 0.265 e. The van der Waals surface area contributed by atoms with Gasteiger partial charge in [-0.05, 0) is 28.3 Å². The molecule has 0 aliphatic carbocycles. The van der Waals surface area contributed by atoms with Crippen LogP contribution in [0.4, 0.5) is 0 Å². The average Bonchev–Trinajstić information content (AvgIpc) is 2.73. The van der Waals surface area contributed by atoms with E-state index < -0.39 is 24.6 Å². The molecule has 2 rings (SSSR count). The van der Waals surface area contributed by atoms with Gasteiger partial charge in [0.25, 0.3) is 12.1 Å². The third-order valence-corrected chi connectivity index (χ3v) is 10.5. The van der Waals surface area contributed by atoms with E-state index >= 15 is 0 Å². The summed E-state index contributed by atoms with van der Waals surface area (Å²) in [5.74, 6) is -0.567. The first-order chi connectivity index (χ1) is 15.0. The molecule has 0 unspecified atom stereocenters. The van der Waals surface area contributed by atoms with Crippen molar-refractivity contribution in [3.05, 3.63) is 72.8 Å². The standard InChI is InChI=1S/C24H30Cl3NO2Si/c1-23(2,3)31(20-14-8-6-9-15-20,21-16-10-7-11-17-21)30-19-13-5-4-12-18-29-22(28)24(25,26)27/h4,6-12,14-17,28H,5,13,18-19H2,1-3H3/b12-4+,28-22?/i18D/t18-/m0/s1. The van der Waals surface area contributed by atoms with Crippen LogP contribution >= 0.6 is 34.8 Å². The van der Waals surface area contributed by atoms with Crippen LogP contribution in [-0.2, 0) is 9.16 Å². The van der Waals surface area contributed by atoms with Crippen LogP contribution in [0.3, 0.4) is 0 Å². The lowest BCUT2D eigenvalue weighted by molar-refractivity contribution is 0.292. The van der Waals surface area contributed by atoms with Crippen molar-refractivity contribution in [1.82, 2.24) is 0 Å². The summed E-state index contributed by atoms with van der Waals surface area (Å²) in [6.07, 6.45) is 4.86. The highest BCUT2D eigenvalue weighted by molar-refractivity contribution is 6.99. The molecule has 0 bridgehead atoms. The molecule has 7 heteroatoms. The Labute approximate surface area is 203 Å². The summed E-state index contributed by atoms with van der Waals surface area (Å²) < 4.78 is 17.7. The SMILES string of the molecule is [2H][C@@H](/C=C/CCCO[Si](c1ccccc1)(c1ccccc1)C(C)(C)C)OC(=N)C(Cl)(Cl)Cl. The van der Waals surface area contributed by atoms with Gasteiger partial charge in [0, 0.05) is 6.61 Å². The number of alkyl halides is 3. The van der Waals surface area contributed by atoms with Crippen molar-refractivity contribution in [2.24, 2.45) is 0 Å². The molecule has 0 amide bonds. The van der Waals surface area contributed by atoms with Gasteiger partial charge in [-0.15, -0.1) is 0 Å². The number of unbranched alkanes of at least 4 members (excludes halogenated alkanes) is 1. The molecule has 2 aromatic carbocycles. The Hall–Kier alpha value is -1.30. The molecule has 0 aliphatic heterocycles. The van der Waals surface area contributed by atoms with Gasteiger partial charge in [-0.3, -0.25) is 5.41 Å². The molecule has 0 saturated heterocycles. The Balaban J connectivity index is 2.08. The van der Waals surface area contributed by atoms with Crippen LogP contribution < -0.4 is 10.4 Å². The maximum Gasteiger partial charge on any atom is 0.265 e. The van der Waals surface area contributed by atoms with Crippen LogP contribution in [0.25, 0.3) is 0 Å². The van der Waals surface area contributed by atoms with Crippen LogP contribution in [0.2, 0.25) is 5.04 Å². The van der Waals surface area contributed by atoms with Gasteiger partial charge in [-0.1, -0.05) is 128 Å². The van der Waals surface area contributed by atoms with Gasteiger partial charge in [0.05, 0.1) is 1.37 Å². The van der Waals surface area contributed by atoms with Crippen LogP contribution in [0.1, 0.15) is 35.0 Å². The van der Waals surface area contributed by atoms with E-state index in [4.69, 9.17) is 50.7 Å². The third-order valence-electron chi connectivity index (χ3n) is 4.91. The third kappa shape index (κ3) is 7.09. The quantitative estimate of drug-likeness (QED) is 0.110. The summed E-state index contributed by atoms with van der Waals surface area (Å²) in [6, 6.07) is 21.0. The molecule has 0 fully saturated rings. The Morgan fingerprint density at radius 2 is 1.48 bits per heavy atom. The van der Waals surface area contributed by atoms with E-state index in [-0.39, 0.29) is 5.04 Å². The number of hydrogen-bond donors (Lipinski definition) is 1. The minimum atomic E-state index is -2.53. The molecule has 1 N–H and O–H groups in total. The second-order valence-corrected chi connectivity index (χ2v) is 14.7. The fourth-order valence-electron chi connectivity index (χ4n) is 3.51. The van der Waals surface area contributed by atoms with E-state index in [1.807, 2.05) is 18.2 Å². The maximum absolute atomic E-state index is 7.82. The molecule has 0 radical (unpaired) electrons. The molecule has 0 saturated carbocycles. The van der Waals surface area contributed by atoms with E-state index in [1.165, 1.54) is 16.4 Å². The van der Waals surface area contributed by atoms with Crippen LogP contribution in [-0.4, -0.2) is 31.2 Å². The lowest BCUT2D eigenvalue weighted by Crippen LogP contribution is -2.66. The molecule has 0 aliphatic rings. The lowest BCUT2D eigenvalue weighted by Gasteiger charge is -2.43. The number of allylic oxidation sites excluding steroid dienone is 1. The zero-order chi connectivity index (χ0) is 23.8. The van der Waals surface area contributed by atoms with Gasteiger partial charge < -0.3 is 9.16 Å². The van der Waals surface area contributed by atoms with Gasteiger partial charge in [0.1, 0.15) is 6.58 Å². The molecule has 2 aromatic rings. The second kappa shape index (κ2) is 11.5. The summed E-state index contributed by atoms with van der Waals surface area (Å²) in [4.78, 5) is 0. The van der Waals surface area contributed by atoms with E-state index in [9.17, 15) is 0 Å². The second-order valence-electron chi connectivity index (χ2n) is 8.16. The van der Waals surface area contributed by atoms with Crippen molar-refractivity contribution >= 4 is 59.4 Å². The van der Waals surface area contributed by atoms with Crippen molar-refractivity contribution in [2.45, 2.75) is 42.4 Å². The molecule has 1 atom stereocenters. The summed E-state index contributed by atoms with van der Waals surface area (Å²) in [7, 11) is -2.53. The van der Waals surface area contributed by atoms with Crippen molar-refractivity contribution in [2.75, 3.05) is 13.2 Å². The Morgan fingerprint density at radius 3 is 1.94 bits per heavy atom. The van der Waals surface area contributed by atoms with Gasteiger partial charge >= 0.3 is 0 Å². The van der Waals surface area contributed by atoms with E-state index in [0.29, 0.717) is 13.0 Å². The molecule has 168 valence electrons. The maximum atomic E-state index is 7.82. The largest absolute Gasteiger partial charge is 0.474 e. The van der Waals surface area contributed by atoms with Crippen LogP contribution in [0.15, 0.2) is 72.8 Å². The number of hydrogen-bond acceptors (Lipinski definition) is 3. The van der Waals surface area contributed by atoms with Crippen molar-refractivity contribution in [1.29, 1.82) is 5.41 Å². The van der Waals surface area contributed by atoms with E-state index in [2.05, 4.69) is 69.3 Å². The predicted molar refractivity (Wildman–Crippen MR) is 136 cm³/mol. The number of rotatable bonds is 9. The highest BCUT2D eigenvalue weighted by Crippen LogP contribution is 2.36. The topological polar surface area (TPSA) is 42.3 Å². The first kappa shape index (κ1) is 24.3. The summed E-state index contributed by atoms with van der Waals surface area (Å²) in [5, 5.41) is 9.95. The van der Waals surface area contributed by atoms with Crippen molar-refractivity contribution in [3.8, 4) is 0 Å². The summed E-state index contributed by atoms with van der Waals surface area (Å²) in [6.45, 7) is 6.24. The predicted octanol–water partition coefficient (Wildman–Crippen LogP) is 6.26. The molecule has 0 aromatic heterocycles. The number of halogens is 3. The van der Waals surface area contributed by atoms with E-state index in [0.717, 1.165) is 6.42 Å². The normalized spacial score (nSPS) is 14.3. The zero-order valence-electron chi connectivity index (χ0n) is 19.1. The minimum Gasteiger partial charge on any atom is -0.474 e. The van der Waals surface area contributed by atoms with Crippen molar-refractivity contribution in [3.63, 3.8) is 0 Å². The number of benzene rings is 2. The molecular weight excluding hydrogens is 469 g/mol. The van der Waals surface area contributed by atoms with Crippen molar-refractivity contribution < 1.29 is 10.5 Å². The highest BCUT2D eigenvalue weighted by atomic mass is 35.6. The van der Waals surface area contributed by atoms with Gasteiger partial charge in [-0.25, -0.2) is 0 Å². The fourth-order valence-corrected chi connectivity index (χ4v) is 8.25. The van der Waals surface area contributed by atoms with Gasteiger partial charge in [0.2, 0.25) is 5.90 Å². The molecule has 31 heavy (non-hydrogen) atoms. The average molecular weight is 500 g/mol. The molecule has 0 spiro atoms. The van der Waals surface area contributed by atoms with Crippen LogP contribution in [0, 0.1) is 5.41 Å². The van der Waals surface area contributed by atoms with Gasteiger partial charge in [0.15, 0.2) is 0 Å². The number of ether oxygens (including phenoxy) is 1. The summed E-state index contributed by atoms with van der Waals surface area (Å²) in [5.41, 5.74) is 0. The van der Waals surface area contributed by atoms with Gasteiger partial charge in [-0.2, -0.15) is 0 Å². The molecule has 3 nitrogen and oxygen atoms in total. The van der Waals surface area contributed by atoms with Crippen LogP contribution in [0.5, 0.6) is 0 Å². The minimum absolute atomic E-state index is 0.0663. The fraction of sp³-hybridized carbons (Fsp3) is 0.375. The van der Waals surface area contributed by atoms with E-state index in [1.54, 1.807) is 0 Å². The zero-order valence-corrected chi connectivity index (χ0v) is 21.3.